The number of hydrogen-bond acceptors (Lipinski definition) is 1. The van der Waals surface area contributed by atoms with Crippen molar-refractivity contribution < 1.29 is 5.11 Å². The molecule has 0 heterocycles. The van der Waals surface area contributed by atoms with Gasteiger partial charge < -0.3 is 5.11 Å². The first kappa shape index (κ1) is 8.52. The van der Waals surface area contributed by atoms with Crippen LogP contribution in [0.5, 0.6) is 0 Å². The van der Waals surface area contributed by atoms with Gasteiger partial charge in [-0.2, -0.15) is 0 Å². The molecule has 68 valence electrons. The van der Waals surface area contributed by atoms with Crippen molar-refractivity contribution in [3.05, 3.63) is 41.0 Å². The molecule has 0 saturated heterocycles. The highest BCUT2D eigenvalue weighted by Gasteiger charge is 2.12. The van der Waals surface area contributed by atoms with Crippen molar-refractivity contribution in [2.24, 2.45) is 5.92 Å². The van der Waals surface area contributed by atoms with Crippen LogP contribution < -0.4 is 0 Å². The third-order valence-corrected chi connectivity index (χ3v) is 2.57. The monoisotopic (exact) mass is 174 g/mol. The van der Waals surface area contributed by atoms with Gasteiger partial charge in [-0.1, -0.05) is 35.9 Å². The third kappa shape index (κ3) is 1.65. The Hall–Kier alpha value is -1.08. The summed E-state index contributed by atoms with van der Waals surface area (Å²) in [7, 11) is 0. The Morgan fingerprint density at radius 2 is 2.31 bits per heavy atom. The predicted molar refractivity (Wildman–Crippen MR) is 54.5 cm³/mol. The summed E-state index contributed by atoms with van der Waals surface area (Å²) in [5.41, 5.74) is 3.96. The molecule has 2 rings (SSSR count). The number of hydrogen-bond donors (Lipinski definition) is 1. The van der Waals surface area contributed by atoms with E-state index in [1.54, 1.807) is 0 Å². The average molecular weight is 174 g/mol. The molecule has 0 saturated carbocycles. The first-order chi connectivity index (χ1) is 6.29. The Morgan fingerprint density at radius 3 is 3.08 bits per heavy atom. The van der Waals surface area contributed by atoms with Crippen molar-refractivity contribution in [3.63, 3.8) is 0 Å². The van der Waals surface area contributed by atoms with Crippen molar-refractivity contribution in [1.82, 2.24) is 0 Å². The van der Waals surface area contributed by atoms with E-state index in [2.05, 4.69) is 37.3 Å². The van der Waals surface area contributed by atoms with Crippen molar-refractivity contribution in [3.8, 4) is 0 Å². The largest absolute Gasteiger partial charge is 0.396 e. The maximum atomic E-state index is 9.02. The molecule has 0 aliphatic heterocycles. The second kappa shape index (κ2) is 3.35. The Kier molecular flexibility index (Phi) is 2.19. The fraction of sp³-hybridized carbons (Fsp3) is 0.333. The lowest BCUT2D eigenvalue weighted by Gasteiger charge is -2.17. The van der Waals surface area contributed by atoms with E-state index in [4.69, 9.17) is 5.11 Å². The van der Waals surface area contributed by atoms with Crippen molar-refractivity contribution in [2.75, 3.05) is 6.61 Å². The van der Waals surface area contributed by atoms with Crippen LogP contribution >= 0.6 is 0 Å². The topological polar surface area (TPSA) is 20.2 Å². The zero-order chi connectivity index (χ0) is 9.26. The van der Waals surface area contributed by atoms with E-state index in [9.17, 15) is 0 Å². The molecule has 13 heavy (non-hydrogen) atoms. The van der Waals surface area contributed by atoms with E-state index < -0.39 is 0 Å². The molecule has 1 aliphatic rings. The van der Waals surface area contributed by atoms with Gasteiger partial charge in [-0.25, -0.2) is 0 Å². The van der Waals surface area contributed by atoms with Gasteiger partial charge in [-0.15, -0.1) is 0 Å². The smallest absolute Gasteiger partial charge is 0.0497 e. The second-order valence-electron chi connectivity index (χ2n) is 3.71. The molecule has 0 aromatic heterocycles. The summed E-state index contributed by atoms with van der Waals surface area (Å²) >= 11 is 0. The minimum Gasteiger partial charge on any atom is -0.396 e. The lowest BCUT2D eigenvalue weighted by Crippen LogP contribution is -2.10. The van der Waals surface area contributed by atoms with Crippen LogP contribution in [0.25, 0.3) is 6.08 Å². The zero-order valence-corrected chi connectivity index (χ0v) is 7.83. The van der Waals surface area contributed by atoms with E-state index in [1.807, 2.05) is 0 Å². The lowest BCUT2D eigenvalue weighted by atomic mass is 9.89. The summed E-state index contributed by atoms with van der Waals surface area (Å²) < 4.78 is 0. The van der Waals surface area contributed by atoms with Crippen molar-refractivity contribution in [1.29, 1.82) is 0 Å². The standard InChI is InChI=1S/C12H14O/c1-9-2-4-12-7-10(8-13)3-5-11(12)6-9/h2-6,10,13H,7-8H2,1H3. The van der Waals surface area contributed by atoms with Crippen molar-refractivity contribution in [2.45, 2.75) is 13.3 Å². The molecule has 0 amide bonds. The summed E-state index contributed by atoms with van der Waals surface area (Å²) in [6.45, 7) is 2.36. The van der Waals surface area contributed by atoms with Crippen LogP contribution in [0.3, 0.4) is 0 Å². The first-order valence-electron chi connectivity index (χ1n) is 4.68. The quantitative estimate of drug-likeness (QED) is 0.691. The van der Waals surface area contributed by atoms with Gasteiger partial charge in [0.2, 0.25) is 0 Å². The summed E-state index contributed by atoms with van der Waals surface area (Å²) in [5.74, 6) is 0.315. The highest BCUT2D eigenvalue weighted by Crippen LogP contribution is 2.23. The molecular weight excluding hydrogens is 160 g/mol. The minimum absolute atomic E-state index is 0.254. The minimum atomic E-state index is 0.254. The molecule has 1 aliphatic carbocycles. The highest BCUT2D eigenvalue weighted by molar-refractivity contribution is 5.57. The fourth-order valence-corrected chi connectivity index (χ4v) is 1.77. The predicted octanol–water partition coefficient (Wildman–Crippen LogP) is 2.17. The van der Waals surface area contributed by atoms with Crippen LogP contribution in [0.4, 0.5) is 0 Å². The van der Waals surface area contributed by atoms with Gasteiger partial charge in [0.25, 0.3) is 0 Å². The first-order valence-corrected chi connectivity index (χ1v) is 4.68. The van der Waals surface area contributed by atoms with Gasteiger partial charge in [0, 0.05) is 12.5 Å². The van der Waals surface area contributed by atoms with Crippen LogP contribution in [-0.2, 0) is 6.42 Å². The Labute approximate surface area is 78.7 Å². The molecule has 1 heteroatoms. The Bertz CT molecular complexity index is 339. The normalized spacial score (nSPS) is 20.0. The molecule has 0 radical (unpaired) electrons. The van der Waals surface area contributed by atoms with E-state index >= 15 is 0 Å². The third-order valence-electron chi connectivity index (χ3n) is 2.57. The summed E-state index contributed by atoms with van der Waals surface area (Å²) in [5, 5.41) is 9.02. The second-order valence-corrected chi connectivity index (χ2v) is 3.71. The number of aliphatic hydroxyl groups excluding tert-OH is 1. The van der Waals surface area contributed by atoms with Gasteiger partial charge in [0.05, 0.1) is 0 Å². The van der Waals surface area contributed by atoms with Gasteiger partial charge in [0.1, 0.15) is 0 Å². The maximum Gasteiger partial charge on any atom is 0.0497 e. The van der Waals surface area contributed by atoms with E-state index in [0.29, 0.717) is 5.92 Å². The van der Waals surface area contributed by atoms with Gasteiger partial charge >= 0.3 is 0 Å². The maximum absolute atomic E-state index is 9.02. The molecule has 1 unspecified atom stereocenters. The van der Waals surface area contributed by atoms with Gasteiger partial charge in [-0.3, -0.25) is 0 Å². The SMILES string of the molecule is Cc1ccc2c(c1)C=CC(CO)C2. The molecule has 0 fully saturated rings. The lowest BCUT2D eigenvalue weighted by molar-refractivity contribution is 0.252. The number of benzene rings is 1. The zero-order valence-electron chi connectivity index (χ0n) is 7.83. The van der Waals surface area contributed by atoms with Crippen molar-refractivity contribution >= 4 is 6.08 Å². The Morgan fingerprint density at radius 1 is 1.46 bits per heavy atom. The molecule has 1 atom stereocenters. The number of aliphatic hydroxyl groups is 1. The number of rotatable bonds is 1. The molecule has 0 spiro atoms. The molecular formula is C12H14O. The number of aryl methyl sites for hydroxylation is 1. The van der Waals surface area contributed by atoms with Gasteiger partial charge in [-0.05, 0) is 24.5 Å². The Balaban J connectivity index is 2.35. The van der Waals surface area contributed by atoms with E-state index in [1.165, 1.54) is 16.7 Å². The molecule has 1 aromatic rings. The molecule has 1 aromatic carbocycles. The summed E-state index contributed by atoms with van der Waals surface area (Å²) in [4.78, 5) is 0. The van der Waals surface area contributed by atoms with E-state index in [-0.39, 0.29) is 6.61 Å². The summed E-state index contributed by atoms with van der Waals surface area (Å²) in [6.07, 6.45) is 5.19. The molecule has 1 N–H and O–H groups in total. The fourth-order valence-electron chi connectivity index (χ4n) is 1.77. The molecule has 1 nitrogen and oxygen atoms in total. The highest BCUT2D eigenvalue weighted by atomic mass is 16.3. The van der Waals surface area contributed by atoms with Crippen LogP contribution in [0.15, 0.2) is 24.3 Å². The van der Waals surface area contributed by atoms with Gasteiger partial charge in [0.15, 0.2) is 0 Å². The van der Waals surface area contributed by atoms with Crippen LogP contribution in [0, 0.1) is 12.8 Å². The van der Waals surface area contributed by atoms with Crippen LogP contribution in [-0.4, -0.2) is 11.7 Å². The van der Waals surface area contributed by atoms with Crippen LogP contribution in [0.1, 0.15) is 16.7 Å². The average Bonchev–Trinajstić information content (AvgIpc) is 2.17. The molecule has 0 bridgehead atoms. The number of fused-ring (bicyclic) bond motifs is 1. The van der Waals surface area contributed by atoms with E-state index in [0.717, 1.165) is 6.42 Å². The summed E-state index contributed by atoms with van der Waals surface area (Å²) in [6, 6.07) is 6.49. The van der Waals surface area contributed by atoms with Crippen LogP contribution in [0.2, 0.25) is 0 Å².